The van der Waals surface area contributed by atoms with Gasteiger partial charge < -0.3 is 19.0 Å². The highest BCUT2D eigenvalue weighted by molar-refractivity contribution is 7.87. The van der Waals surface area contributed by atoms with Crippen LogP contribution in [0, 0.1) is 0 Å². The minimum absolute atomic E-state index is 0.0210. The Morgan fingerprint density at radius 2 is 1.43 bits per heavy atom. The van der Waals surface area contributed by atoms with Crippen LogP contribution >= 0.6 is 0 Å². The summed E-state index contributed by atoms with van der Waals surface area (Å²) in [5.74, 6) is -1.01. The summed E-state index contributed by atoms with van der Waals surface area (Å²) in [6.45, 7) is 5.52. The van der Waals surface area contributed by atoms with E-state index in [0.29, 0.717) is 5.56 Å². The number of fused-ring (bicyclic) bond motifs is 3. The van der Waals surface area contributed by atoms with Crippen LogP contribution < -0.4 is 9.50 Å². The van der Waals surface area contributed by atoms with Crippen LogP contribution in [-0.2, 0) is 24.4 Å². The molecule has 1 unspecified atom stereocenters. The van der Waals surface area contributed by atoms with Crippen LogP contribution in [0.25, 0.3) is 11.1 Å². The van der Waals surface area contributed by atoms with E-state index in [0.717, 1.165) is 22.3 Å². The largest absolute Gasteiger partial charge is 0.460 e. The highest BCUT2D eigenvalue weighted by Crippen LogP contribution is 2.44. The lowest BCUT2D eigenvalue weighted by molar-refractivity contribution is -0.155. The third-order valence-electron chi connectivity index (χ3n) is 7.24. The quantitative estimate of drug-likeness (QED) is 0.155. The zero-order valence-electron chi connectivity index (χ0n) is 24.9. The maximum atomic E-state index is 12.9. The number of alkyl carbamates (subject to hydrolysis) is 1. The minimum atomic E-state index is -4.07. The van der Waals surface area contributed by atoms with Crippen LogP contribution in [0.5, 0.6) is 5.75 Å². The number of esters is 1. The highest BCUT2D eigenvalue weighted by atomic mass is 32.2. The van der Waals surface area contributed by atoms with Crippen molar-refractivity contribution in [3.8, 4) is 16.9 Å². The van der Waals surface area contributed by atoms with Crippen molar-refractivity contribution in [2.75, 3.05) is 13.2 Å². The van der Waals surface area contributed by atoms with Crippen LogP contribution in [0.2, 0.25) is 0 Å². The molecule has 44 heavy (non-hydrogen) atoms. The molecule has 4 aromatic rings. The molecule has 4 aromatic carbocycles. The SMILES string of the molecule is CC(C)(C)OC(=O)CC(CNC(=O)OCC1c2ccccc2-c2ccccc21)c1cccc(OS(=O)(=O)c2ccccc2)c1. The first-order chi connectivity index (χ1) is 21.0. The first-order valence-corrected chi connectivity index (χ1v) is 15.8. The van der Waals surface area contributed by atoms with E-state index < -0.39 is 33.7 Å². The Labute approximate surface area is 258 Å². The molecular formula is C35H35NO7S. The second-order valence-electron chi connectivity index (χ2n) is 11.6. The van der Waals surface area contributed by atoms with E-state index in [2.05, 4.69) is 17.4 Å². The van der Waals surface area contributed by atoms with Crippen molar-refractivity contribution in [1.82, 2.24) is 5.32 Å². The fraction of sp³-hybridized carbons (Fsp3) is 0.257. The Kier molecular flexibility index (Phi) is 9.06. The van der Waals surface area contributed by atoms with Crippen LogP contribution in [0.15, 0.2) is 108 Å². The van der Waals surface area contributed by atoms with E-state index in [1.807, 2.05) is 36.4 Å². The van der Waals surface area contributed by atoms with Crippen LogP contribution in [0.4, 0.5) is 4.79 Å². The van der Waals surface area contributed by atoms with Gasteiger partial charge in [0, 0.05) is 18.4 Å². The predicted molar refractivity (Wildman–Crippen MR) is 167 cm³/mol. The Balaban J connectivity index is 1.29. The second kappa shape index (κ2) is 12.9. The lowest BCUT2D eigenvalue weighted by atomic mass is 9.95. The van der Waals surface area contributed by atoms with Crippen molar-refractivity contribution in [3.05, 3.63) is 120 Å². The standard InChI is InChI=1S/C35H35NO7S/c1-35(2,3)42-33(37)21-25(24-12-11-13-26(20-24)43-44(39,40)27-14-5-4-6-15-27)22-36-34(38)41-23-32-30-18-9-7-16-28(30)29-17-8-10-19-31(29)32/h4-20,25,32H,21-23H2,1-3H3,(H,36,38). The molecular weight excluding hydrogens is 578 g/mol. The van der Waals surface area contributed by atoms with Crippen molar-refractivity contribution in [2.45, 2.75) is 49.5 Å². The van der Waals surface area contributed by atoms with E-state index in [9.17, 15) is 18.0 Å². The molecule has 5 rings (SSSR count). The third-order valence-corrected chi connectivity index (χ3v) is 8.50. The molecule has 0 aliphatic heterocycles. The number of rotatable bonds is 10. The molecule has 0 saturated carbocycles. The summed E-state index contributed by atoms with van der Waals surface area (Å²) in [5, 5.41) is 2.79. The zero-order chi connectivity index (χ0) is 31.3. The van der Waals surface area contributed by atoms with E-state index in [-0.39, 0.29) is 36.1 Å². The molecule has 1 amide bonds. The van der Waals surface area contributed by atoms with Gasteiger partial charge in [0.15, 0.2) is 0 Å². The molecule has 0 saturated heterocycles. The number of ether oxygens (including phenoxy) is 2. The fourth-order valence-electron chi connectivity index (χ4n) is 5.33. The molecule has 0 radical (unpaired) electrons. The van der Waals surface area contributed by atoms with Gasteiger partial charge in [0.05, 0.1) is 6.42 Å². The first kappa shape index (κ1) is 30.8. The van der Waals surface area contributed by atoms with E-state index in [1.165, 1.54) is 18.2 Å². The average molecular weight is 614 g/mol. The van der Waals surface area contributed by atoms with Gasteiger partial charge in [0.1, 0.15) is 22.9 Å². The van der Waals surface area contributed by atoms with Gasteiger partial charge in [-0.15, -0.1) is 0 Å². The van der Waals surface area contributed by atoms with Gasteiger partial charge in [-0.25, -0.2) is 4.79 Å². The Bertz CT molecular complexity index is 1700. The molecule has 1 atom stereocenters. The van der Waals surface area contributed by atoms with E-state index >= 15 is 0 Å². The summed E-state index contributed by atoms with van der Waals surface area (Å²) in [6, 6.07) is 30.4. The van der Waals surface area contributed by atoms with Gasteiger partial charge in [-0.2, -0.15) is 8.42 Å². The Morgan fingerprint density at radius 3 is 2.07 bits per heavy atom. The average Bonchev–Trinajstić information content (AvgIpc) is 3.31. The normalized spacial score (nSPS) is 13.3. The molecule has 1 aliphatic rings. The van der Waals surface area contributed by atoms with Crippen LogP contribution in [0.3, 0.4) is 0 Å². The molecule has 8 nitrogen and oxygen atoms in total. The van der Waals surface area contributed by atoms with Gasteiger partial charge in [0.25, 0.3) is 0 Å². The maximum absolute atomic E-state index is 12.9. The summed E-state index contributed by atoms with van der Waals surface area (Å²) < 4.78 is 42.2. The molecule has 1 aliphatic carbocycles. The lowest BCUT2D eigenvalue weighted by Crippen LogP contribution is -2.32. The van der Waals surface area contributed by atoms with Crippen LogP contribution in [0.1, 0.15) is 55.7 Å². The summed E-state index contributed by atoms with van der Waals surface area (Å²) >= 11 is 0. The Hall–Kier alpha value is -4.63. The van der Waals surface area contributed by atoms with Crippen LogP contribution in [-0.4, -0.2) is 39.2 Å². The Morgan fingerprint density at radius 1 is 0.818 bits per heavy atom. The molecule has 1 N–H and O–H groups in total. The van der Waals surface area contributed by atoms with Gasteiger partial charge in [-0.3, -0.25) is 4.79 Å². The van der Waals surface area contributed by atoms with Crippen molar-refractivity contribution in [1.29, 1.82) is 0 Å². The first-order valence-electron chi connectivity index (χ1n) is 14.4. The molecule has 228 valence electrons. The van der Waals surface area contributed by atoms with E-state index in [1.54, 1.807) is 57.2 Å². The summed E-state index contributed by atoms with van der Waals surface area (Å²) in [7, 11) is -4.07. The molecule has 0 spiro atoms. The molecule has 0 fully saturated rings. The van der Waals surface area contributed by atoms with Crippen molar-refractivity contribution >= 4 is 22.2 Å². The summed E-state index contributed by atoms with van der Waals surface area (Å²) in [6.07, 6.45) is -0.685. The van der Waals surface area contributed by atoms with Crippen molar-refractivity contribution in [2.24, 2.45) is 0 Å². The number of nitrogens with one attached hydrogen (secondary N) is 1. The number of carbonyl (C=O) groups is 2. The topological polar surface area (TPSA) is 108 Å². The fourth-order valence-corrected chi connectivity index (χ4v) is 6.27. The number of amides is 1. The second-order valence-corrected chi connectivity index (χ2v) is 13.2. The smallest absolute Gasteiger partial charge is 0.407 e. The van der Waals surface area contributed by atoms with Gasteiger partial charge >= 0.3 is 22.2 Å². The maximum Gasteiger partial charge on any atom is 0.407 e. The number of hydrogen-bond donors (Lipinski definition) is 1. The molecule has 0 bridgehead atoms. The minimum Gasteiger partial charge on any atom is -0.460 e. The van der Waals surface area contributed by atoms with E-state index in [4.69, 9.17) is 13.7 Å². The van der Waals surface area contributed by atoms with Gasteiger partial charge in [-0.05, 0) is 72.9 Å². The molecule has 0 heterocycles. The summed E-state index contributed by atoms with van der Waals surface area (Å²) in [4.78, 5) is 25.8. The zero-order valence-corrected chi connectivity index (χ0v) is 25.7. The summed E-state index contributed by atoms with van der Waals surface area (Å²) in [5.41, 5.74) is 4.36. The lowest BCUT2D eigenvalue weighted by Gasteiger charge is -2.23. The predicted octanol–water partition coefficient (Wildman–Crippen LogP) is 6.81. The van der Waals surface area contributed by atoms with Gasteiger partial charge in [0.2, 0.25) is 0 Å². The number of benzene rings is 4. The van der Waals surface area contributed by atoms with Crippen molar-refractivity contribution in [3.63, 3.8) is 0 Å². The molecule has 0 aromatic heterocycles. The van der Waals surface area contributed by atoms with Gasteiger partial charge in [-0.1, -0.05) is 78.9 Å². The monoisotopic (exact) mass is 613 g/mol. The van der Waals surface area contributed by atoms with Crippen molar-refractivity contribution < 1.29 is 31.7 Å². The third kappa shape index (κ3) is 7.47. The number of carbonyl (C=O) groups excluding carboxylic acids is 2. The molecule has 9 heteroatoms. The highest BCUT2D eigenvalue weighted by Gasteiger charge is 2.29. The number of hydrogen-bond acceptors (Lipinski definition) is 7.